The molecule has 2 fully saturated rings. The number of aliphatic hydroxyl groups excluding tert-OH is 1. The molecule has 2 saturated heterocycles. The van der Waals surface area contributed by atoms with E-state index in [-0.39, 0.29) is 11.2 Å². The number of carbonyl (C=O) groups excluding carboxylic acids is 1. The van der Waals surface area contributed by atoms with Gasteiger partial charge >= 0.3 is 6.09 Å². The lowest BCUT2D eigenvalue weighted by Gasteiger charge is -2.40. The Balaban J connectivity index is 1.36. The van der Waals surface area contributed by atoms with Gasteiger partial charge in [-0.2, -0.15) is 0 Å². The molecule has 0 aromatic carbocycles. The summed E-state index contributed by atoms with van der Waals surface area (Å²) in [6.45, 7) is 5.86. The van der Waals surface area contributed by atoms with Gasteiger partial charge in [0.25, 0.3) is 0 Å². The predicted molar refractivity (Wildman–Crippen MR) is 98.2 cm³/mol. The minimum atomic E-state index is -0.826. The van der Waals surface area contributed by atoms with Crippen LogP contribution in [0.5, 0.6) is 0 Å². The minimum absolute atomic E-state index is 0.0712. The summed E-state index contributed by atoms with van der Waals surface area (Å²) in [6.07, 6.45) is 3.31. The van der Waals surface area contributed by atoms with Crippen molar-refractivity contribution >= 4 is 11.9 Å². The Morgan fingerprint density at radius 3 is 2.70 bits per heavy atom. The number of piperidine rings is 1. The molecular formula is C20H28N2O5. The fraction of sp³-hybridized carbons (Fsp3) is 0.700. The highest BCUT2D eigenvalue weighted by Crippen LogP contribution is 2.41. The van der Waals surface area contributed by atoms with Gasteiger partial charge in [-0.1, -0.05) is 5.57 Å². The highest BCUT2D eigenvalue weighted by molar-refractivity contribution is 5.90. The molecule has 27 heavy (non-hydrogen) atoms. The van der Waals surface area contributed by atoms with Gasteiger partial charge in [0.05, 0.1) is 18.3 Å². The van der Waals surface area contributed by atoms with E-state index >= 15 is 0 Å². The van der Waals surface area contributed by atoms with E-state index in [2.05, 4.69) is 4.90 Å². The number of hydrogen-bond acceptors (Lipinski definition) is 5. The molecule has 2 N–H and O–H groups in total. The molecule has 2 unspecified atom stereocenters. The van der Waals surface area contributed by atoms with Gasteiger partial charge < -0.3 is 24.7 Å². The lowest BCUT2D eigenvalue weighted by atomic mass is 9.76. The molecule has 4 rings (SSSR count). The molecule has 148 valence electrons. The Labute approximate surface area is 159 Å². The second-order valence-electron chi connectivity index (χ2n) is 8.56. The monoisotopic (exact) mass is 376 g/mol. The zero-order valence-electron chi connectivity index (χ0n) is 15.8. The number of Topliss-reactive ketones (excluding diaryl/α,β-unsaturated/α-hetero) is 1. The van der Waals surface area contributed by atoms with Crippen LogP contribution in [0.2, 0.25) is 0 Å². The van der Waals surface area contributed by atoms with Crippen LogP contribution in [0.15, 0.2) is 23.0 Å². The number of nitrogens with zero attached hydrogens (tertiary/aromatic N) is 2. The van der Waals surface area contributed by atoms with Gasteiger partial charge in [0.15, 0.2) is 0 Å². The maximum absolute atomic E-state index is 12.6. The summed E-state index contributed by atoms with van der Waals surface area (Å²) in [7, 11) is 0. The van der Waals surface area contributed by atoms with E-state index in [1.54, 1.807) is 6.26 Å². The number of likely N-dealkylation sites (tertiary alicyclic amines) is 2. The van der Waals surface area contributed by atoms with Crippen LogP contribution in [-0.2, 0) is 9.53 Å². The van der Waals surface area contributed by atoms with Crippen LogP contribution >= 0.6 is 0 Å². The molecule has 0 radical (unpaired) electrons. The van der Waals surface area contributed by atoms with Crippen LogP contribution < -0.4 is 0 Å². The Kier molecular flexibility index (Phi) is 4.76. The first-order valence-electron chi connectivity index (χ1n) is 9.80. The third-order valence-corrected chi connectivity index (χ3v) is 6.95. The first-order valence-corrected chi connectivity index (χ1v) is 9.80. The lowest BCUT2D eigenvalue weighted by molar-refractivity contribution is -0.125. The number of fused-ring (bicyclic) bond motifs is 1. The topological polar surface area (TPSA) is 90.3 Å². The average Bonchev–Trinajstić information content (AvgIpc) is 3.25. The van der Waals surface area contributed by atoms with Crippen molar-refractivity contribution in [3.8, 4) is 0 Å². The number of carbonyl (C=O) groups is 2. The van der Waals surface area contributed by atoms with Crippen LogP contribution in [0.4, 0.5) is 4.79 Å². The second-order valence-corrected chi connectivity index (χ2v) is 8.56. The summed E-state index contributed by atoms with van der Waals surface area (Å²) < 4.78 is 5.36. The Hall–Kier alpha value is -1.86. The fourth-order valence-electron chi connectivity index (χ4n) is 5.22. The Morgan fingerprint density at radius 2 is 2.04 bits per heavy atom. The number of rotatable bonds is 3. The molecule has 0 aromatic heterocycles. The van der Waals surface area contributed by atoms with Crippen molar-refractivity contribution < 1.29 is 24.5 Å². The molecule has 2 atom stereocenters. The van der Waals surface area contributed by atoms with E-state index in [1.807, 2.05) is 6.92 Å². The van der Waals surface area contributed by atoms with Crippen LogP contribution in [0.3, 0.4) is 0 Å². The van der Waals surface area contributed by atoms with Crippen molar-refractivity contribution in [2.75, 3.05) is 39.3 Å². The molecule has 0 aromatic rings. The van der Waals surface area contributed by atoms with Crippen molar-refractivity contribution in [2.45, 2.75) is 38.7 Å². The summed E-state index contributed by atoms with van der Waals surface area (Å²) in [6, 6.07) is 0. The van der Waals surface area contributed by atoms with E-state index in [1.165, 1.54) is 4.90 Å². The van der Waals surface area contributed by atoms with Gasteiger partial charge in [0.1, 0.15) is 12.4 Å². The van der Waals surface area contributed by atoms with Crippen molar-refractivity contribution in [1.82, 2.24) is 9.80 Å². The summed E-state index contributed by atoms with van der Waals surface area (Å²) >= 11 is 0. The Morgan fingerprint density at radius 1 is 1.33 bits per heavy atom. The van der Waals surface area contributed by atoms with Crippen molar-refractivity contribution in [2.24, 2.45) is 11.3 Å². The summed E-state index contributed by atoms with van der Waals surface area (Å²) in [4.78, 5) is 27.5. The second kappa shape index (κ2) is 6.95. The molecule has 1 amide bonds. The third kappa shape index (κ3) is 3.38. The number of hydrogen-bond donors (Lipinski definition) is 2. The van der Waals surface area contributed by atoms with Gasteiger partial charge in [-0.3, -0.25) is 4.79 Å². The standard InChI is InChI=1S/C20H28N2O5/c1-13-15-11-27-10-14(15)8-16(23)18(13)17(24)9-21-5-2-20(3-6-21)4-7-22(12-20)19(25)26/h10,17-18,24H,2-9,11-12H2,1H3,(H,25,26). The molecule has 7 nitrogen and oxygen atoms in total. The molecule has 4 aliphatic rings. The van der Waals surface area contributed by atoms with Gasteiger partial charge in [-0.15, -0.1) is 0 Å². The number of carboxylic acid groups (broad SMARTS) is 1. The summed E-state index contributed by atoms with van der Waals surface area (Å²) in [5.41, 5.74) is 3.09. The maximum atomic E-state index is 12.6. The highest BCUT2D eigenvalue weighted by atomic mass is 16.5. The van der Waals surface area contributed by atoms with E-state index in [0.717, 1.165) is 49.1 Å². The largest absolute Gasteiger partial charge is 0.496 e. The predicted octanol–water partition coefficient (Wildman–Crippen LogP) is 1.63. The zero-order chi connectivity index (χ0) is 19.2. The van der Waals surface area contributed by atoms with Crippen molar-refractivity contribution in [3.05, 3.63) is 23.0 Å². The van der Waals surface area contributed by atoms with Gasteiger partial charge in [-0.25, -0.2) is 4.79 Å². The molecule has 7 heteroatoms. The fourth-order valence-corrected chi connectivity index (χ4v) is 5.22. The number of ether oxygens (including phenoxy) is 1. The molecule has 1 spiro atoms. The number of ketones is 1. The molecular weight excluding hydrogens is 348 g/mol. The minimum Gasteiger partial charge on any atom is -0.496 e. The van der Waals surface area contributed by atoms with E-state index in [0.29, 0.717) is 32.7 Å². The maximum Gasteiger partial charge on any atom is 0.407 e. The number of β-amino-alcohol motifs (C(OH)–C–C–N with tert-alkyl or cyclic N) is 1. The van der Waals surface area contributed by atoms with E-state index in [4.69, 9.17) is 4.74 Å². The van der Waals surface area contributed by atoms with Crippen LogP contribution in [0.1, 0.15) is 32.6 Å². The van der Waals surface area contributed by atoms with Crippen molar-refractivity contribution in [1.29, 1.82) is 0 Å². The first kappa shape index (κ1) is 18.5. The van der Waals surface area contributed by atoms with Gasteiger partial charge in [-0.05, 0) is 50.3 Å². The van der Waals surface area contributed by atoms with Crippen LogP contribution in [0, 0.1) is 11.3 Å². The van der Waals surface area contributed by atoms with Crippen molar-refractivity contribution in [3.63, 3.8) is 0 Å². The summed E-state index contributed by atoms with van der Waals surface area (Å²) in [5.74, 6) is -0.370. The summed E-state index contributed by atoms with van der Waals surface area (Å²) in [5, 5.41) is 20.0. The molecule has 3 aliphatic heterocycles. The lowest BCUT2D eigenvalue weighted by Crippen LogP contribution is -2.47. The molecule has 3 heterocycles. The number of amides is 1. The first-order chi connectivity index (χ1) is 12.9. The average molecular weight is 376 g/mol. The molecule has 1 aliphatic carbocycles. The van der Waals surface area contributed by atoms with E-state index in [9.17, 15) is 19.8 Å². The smallest absolute Gasteiger partial charge is 0.407 e. The molecule has 0 saturated carbocycles. The van der Waals surface area contributed by atoms with Gasteiger partial charge in [0.2, 0.25) is 0 Å². The normalized spacial score (nSPS) is 29.0. The number of aliphatic hydroxyl groups is 1. The third-order valence-electron chi connectivity index (χ3n) is 6.95. The van der Waals surface area contributed by atoms with Crippen LogP contribution in [0.25, 0.3) is 0 Å². The Bertz CT molecular complexity index is 705. The van der Waals surface area contributed by atoms with E-state index < -0.39 is 18.1 Å². The quantitative estimate of drug-likeness (QED) is 0.778. The molecule has 0 bridgehead atoms. The van der Waals surface area contributed by atoms with Gasteiger partial charge in [0, 0.05) is 31.6 Å². The zero-order valence-corrected chi connectivity index (χ0v) is 15.8. The van der Waals surface area contributed by atoms with Crippen LogP contribution in [-0.4, -0.2) is 77.3 Å². The highest BCUT2D eigenvalue weighted by Gasteiger charge is 2.43. The SMILES string of the molecule is CC1=C2COC=C2CC(=O)C1C(O)CN1CCC2(CC1)CCN(C(=O)O)C2.